The van der Waals surface area contributed by atoms with Crippen molar-refractivity contribution in [1.82, 2.24) is 0 Å². The molecule has 2 aromatic rings. The molecule has 2 aromatic carbocycles. The van der Waals surface area contributed by atoms with Gasteiger partial charge in [-0.15, -0.1) is 0 Å². The molecule has 1 N–H and O–H groups in total. The van der Waals surface area contributed by atoms with E-state index in [4.69, 9.17) is 11.6 Å². The first-order valence-electron chi connectivity index (χ1n) is 9.33. The second-order valence-electron chi connectivity index (χ2n) is 7.68. The number of allylic oxidation sites excluding steroid dienone is 1. The molecule has 1 aliphatic rings. The number of carboxylic acids is 1. The van der Waals surface area contributed by atoms with E-state index >= 15 is 0 Å². The number of aliphatic imine (C=N–C) groups is 1. The standard InChI is InChI=1S/C23H25ClN2O2/c1-6-26-21-9-14(2)17(10-18(21)15(3)12-23(26,4)5)13-25-20-11-16(22(27)28)7-8-19(20)24/h7-13H,6H2,1-5H3,(H,27,28). The lowest BCUT2D eigenvalue weighted by atomic mass is 9.87. The molecule has 3 rings (SSSR count). The van der Waals surface area contributed by atoms with Gasteiger partial charge in [0.25, 0.3) is 0 Å². The number of carboxylic acid groups (broad SMARTS) is 1. The molecule has 0 radical (unpaired) electrons. The van der Waals surface area contributed by atoms with Crippen LogP contribution in [-0.4, -0.2) is 29.4 Å². The van der Waals surface area contributed by atoms with E-state index in [1.165, 1.54) is 29.0 Å². The summed E-state index contributed by atoms with van der Waals surface area (Å²) in [4.78, 5) is 18.1. The normalized spacial score (nSPS) is 15.5. The molecular weight excluding hydrogens is 372 g/mol. The summed E-state index contributed by atoms with van der Waals surface area (Å²) in [5.41, 5.74) is 6.34. The Kier molecular flexibility index (Phi) is 5.35. The zero-order chi connectivity index (χ0) is 20.6. The fraction of sp³-hybridized carbons (Fsp3) is 0.304. The number of hydrogen-bond donors (Lipinski definition) is 1. The molecule has 28 heavy (non-hydrogen) atoms. The Bertz CT molecular complexity index is 1010. The topological polar surface area (TPSA) is 52.9 Å². The van der Waals surface area contributed by atoms with Crippen molar-refractivity contribution in [3.8, 4) is 0 Å². The van der Waals surface area contributed by atoms with Crippen LogP contribution in [-0.2, 0) is 0 Å². The predicted octanol–water partition coefficient (Wildman–Crippen LogP) is 6.12. The molecule has 5 heteroatoms. The van der Waals surface area contributed by atoms with Crippen molar-refractivity contribution in [2.45, 2.75) is 40.2 Å². The fourth-order valence-electron chi connectivity index (χ4n) is 3.85. The summed E-state index contributed by atoms with van der Waals surface area (Å²) in [6.07, 6.45) is 4.05. The van der Waals surface area contributed by atoms with E-state index in [1.54, 1.807) is 12.3 Å². The summed E-state index contributed by atoms with van der Waals surface area (Å²) < 4.78 is 0. The highest BCUT2D eigenvalue weighted by Gasteiger charge is 2.30. The van der Waals surface area contributed by atoms with Crippen LogP contribution in [0.15, 0.2) is 41.4 Å². The highest BCUT2D eigenvalue weighted by atomic mass is 35.5. The predicted molar refractivity (Wildman–Crippen MR) is 118 cm³/mol. The van der Waals surface area contributed by atoms with Crippen LogP contribution in [0.4, 0.5) is 11.4 Å². The fourth-order valence-corrected chi connectivity index (χ4v) is 4.01. The molecular formula is C23H25ClN2O2. The maximum atomic E-state index is 11.2. The Morgan fingerprint density at radius 3 is 2.61 bits per heavy atom. The van der Waals surface area contributed by atoms with Crippen molar-refractivity contribution in [2.75, 3.05) is 11.4 Å². The number of halogens is 1. The number of likely N-dealkylation sites (N-methyl/N-ethyl adjacent to an activating group) is 1. The number of benzene rings is 2. The van der Waals surface area contributed by atoms with Crippen molar-refractivity contribution in [1.29, 1.82) is 0 Å². The van der Waals surface area contributed by atoms with E-state index in [-0.39, 0.29) is 11.1 Å². The molecule has 0 aliphatic carbocycles. The summed E-state index contributed by atoms with van der Waals surface area (Å²) in [7, 11) is 0. The van der Waals surface area contributed by atoms with Gasteiger partial charge in [-0.05, 0) is 81.7 Å². The smallest absolute Gasteiger partial charge is 0.335 e. The van der Waals surface area contributed by atoms with Crippen LogP contribution in [0.1, 0.15) is 54.7 Å². The lowest BCUT2D eigenvalue weighted by molar-refractivity contribution is 0.0697. The SMILES string of the molecule is CCN1c2cc(C)c(C=Nc3cc(C(=O)O)ccc3Cl)cc2C(C)=CC1(C)C. The van der Waals surface area contributed by atoms with Crippen LogP contribution in [0.2, 0.25) is 5.02 Å². The van der Waals surface area contributed by atoms with Crippen LogP contribution >= 0.6 is 11.6 Å². The van der Waals surface area contributed by atoms with Gasteiger partial charge in [-0.1, -0.05) is 17.7 Å². The minimum atomic E-state index is -0.999. The molecule has 146 valence electrons. The van der Waals surface area contributed by atoms with E-state index in [0.717, 1.165) is 17.7 Å². The number of rotatable bonds is 4. The van der Waals surface area contributed by atoms with E-state index in [1.807, 2.05) is 0 Å². The van der Waals surface area contributed by atoms with Gasteiger partial charge in [-0.2, -0.15) is 0 Å². The minimum absolute atomic E-state index is 0.0291. The lowest BCUT2D eigenvalue weighted by Crippen LogP contribution is -2.45. The Hall–Kier alpha value is -2.59. The lowest BCUT2D eigenvalue weighted by Gasteiger charge is -2.43. The van der Waals surface area contributed by atoms with Crippen molar-refractivity contribution in [3.05, 3.63) is 63.7 Å². The summed E-state index contributed by atoms with van der Waals surface area (Å²) in [5.74, 6) is -0.999. The van der Waals surface area contributed by atoms with E-state index < -0.39 is 5.97 Å². The molecule has 0 spiro atoms. The largest absolute Gasteiger partial charge is 0.478 e. The molecule has 4 nitrogen and oxygen atoms in total. The molecule has 0 atom stereocenters. The van der Waals surface area contributed by atoms with Gasteiger partial charge in [0.15, 0.2) is 0 Å². The Morgan fingerprint density at radius 1 is 1.25 bits per heavy atom. The molecule has 0 amide bonds. The monoisotopic (exact) mass is 396 g/mol. The van der Waals surface area contributed by atoms with Crippen molar-refractivity contribution >= 4 is 40.7 Å². The van der Waals surface area contributed by atoms with Gasteiger partial charge in [-0.25, -0.2) is 4.79 Å². The van der Waals surface area contributed by atoms with Crippen LogP contribution in [0.25, 0.3) is 5.57 Å². The first-order valence-corrected chi connectivity index (χ1v) is 9.71. The Balaban J connectivity index is 2.04. The zero-order valence-electron chi connectivity index (χ0n) is 16.9. The third-order valence-electron chi connectivity index (χ3n) is 5.22. The summed E-state index contributed by atoms with van der Waals surface area (Å²) >= 11 is 6.19. The van der Waals surface area contributed by atoms with Crippen molar-refractivity contribution in [3.63, 3.8) is 0 Å². The van der Waals surface area contributed by atoms with Crippen LogP contribution in [0.3, 0.4) is 0 Å². The molecule has 1 aliphatic heterocycles. The zero-order valence-corrected chi connectivity index (χ0v) is 17.6. The molecule has 0 fully saturated rings. The summed E-state index contributed by atoms with van der Waals surface area (Å²) in [6.45, 7) is 11.7. The van der Waals surface area contributed by atoms with Gasteiger partial charge in [0.2, 0.25) is 0 Å². The van der Waals surface area contributed by atoms with Gasteiger partial charge in [0, 0.05) is 24.0 Å². The average Bonchev–Trinajstić information content (AvgIpc) is 2.61. The molecule has 0 aromatic heterocycles. The number of hydrogen-bond acceptors (Lipinski definition) is 3. The average molecular weight is 397 g/mol. The van der Waals surface area contributed by atoms with Gasteiger partial charge in [0.1, 0.15) is 0 Å². The van der Waals surface area contributed by atoms with E-state index in [0.29, 0.717) is 10.7 Å². The quantitative estimate of drug-likeness (QED) is 0.633. The van der Waals surface area contributed by atoms with Crippen LogP contribution in [0, 0.1) is 6.92 Å². The van der Waals surface area contributed by atoms with Gasteiger partial charge in [-0.3, -0.25) is 4.99 Å². The third-order valence-corrected chi connectivity index (χ3v) is 5.54. The Morgan fingerprint density at radius 2 is 1.96 bits per heavy atom. The number of aromatic carboxylic acids is 1. The number of anilines is 1. The Labute approximate surface area is 171 Å². The minimum Gasteiger partial charge on any atom is -0.478 e. The van der Waals surface area contributed by atoms with E-state index in [2.05, 4.69) is 62.7 Å². The third kappa shape index (κ3) is 3.69. The molecule has 0 saturated heterocycles. The molecule has 1 heterocycles. The van der Waals surface area contributed by atoms with E-state index in [9.17, 15) is 9.90 Å². The second kappa shape index (κ2) is 7.44. The van der Waals surface area contributed by atoms with Crippen LogP contribution < -0.4 is 4.90 Å². The number of carbonyl (C=O) groups is 1. The number of aryl methyl sites for hydroxylation is 1. The summed E-state index contributed by atoms with van der Waals surface area (Å²) in [6, 6.07) is 8.87. The first kappa shape index (κ1) is 20.2. The summed E-state index contributed by atoms with van der Waals surface area (Å²) in [5, 5.41) is 9.60. The second-order valence-corrected chi connectivity index (χ2v) is 8.09. The number of fused-ring (bicyclic) bond motifs is 1. The van der Waals surface area contributed by atoms with Gasteiger partial charge in [0.05, 0.1) is 21.8 Å². The maximum Gasteiger partial charge on any atom is 0.335 e. The highest BCUT2D eigenvalue weighted by molar-refractivity contribution is 6.33. The van der Waals surface area contributed by atoms with Crippen LogP contribution in [0.5, 0.6) is 0 Å². The van der Waals surface area contributed by atoms with Crippen molar-refractivity contribution < 1.29 is 9.90 Å². The number of nitrogens with zero attached hydrogens (tertiary/aromatic N) is 2. The van der Waals surface area contributed by atoms with Gasteiger partial charge < -0.3 is 10.0 Å². The highest BCUT2D eigenvalue weighted by Crippen LogP contribution is 2.40. The molecule has 0 bridgehead atoms. The molecule has 0 unspecified atom stereocenters. The molecule has 0 saturated carbocycles. The van der Waals surface area contributed by atoms with Gasteiger partial charge >= 0.3 is 5.97 Å². The van der Waals surface area contributed by atoms with Crippen molar-refractivity contribution in [2.24, 2.45) is 4.99 Å². The first-order chi connectivity index (χ1) is 13.1. The maximum absolute atomic E-state index is 11.2.